The molecule has 0 saturated carbocycles. The monoisotopic (exact) mass is 238 g/mol. The largest absolute Gasteiger partial charge is 0.468 e. The van der Waals surface area contributed by atoms with Gasteiger partial charge in [-0.25, -0.2) is 0 Å². The van der Waals surface area contributed by atoms with Gasteiger partial charge in [0.15, 0.2) is 0 Å². The summed E-state index contributed by atoms with van der Waals surface area (Å²) in [6, 6.07) is 0.359. The highest BCUT2D eigenvalue weighted by molar-refractivity contribution is 5.79. The molecule has 0 spiro atoms. The summed E-state index contributed by atoms with van der Waals surface area (Å²) in [4.78, 5) is 13.8. The number of nitrogens with one attached hydrogen (secondary N) is 1. The molecule has 1 aliphatic heterocycles. The lowest BCUT2D eigenvalue weighted by Crippen LogP contribution is -2.55. The number of hydrogen-bond acceptors (Lipinski definition) is 4. The minimum Gasteiger partial charge on any atom is -0.468 e. The number of carbonyl (C=O) groups is 1. The van der Waals surface area contributed by atoms with E-state index in [1.807, 2.05) is 13.8 Å². The number of ether oxygens (including phenoxy) is 1. The van der Waals surface area contributed by atoms with Crippen molar-refractivity contribution in [3.8, 4) is 12.3 Å². The first-order chi connectivity index (χ1) is 7.99. The van der Waals surface area contributed by atoms with Crippen LogP contribution in [0, 0.1) is 12.3 Å². The van der Waals surface area contributed by atoms with Gasteiger partial charge in [-0.2, -0.15) is 0 Å². The summed E-state index contributed by atoms with van der Waals surface area (Å²) in [7, 11) is 1.42. The highest BCUT2D eigenvalue weighted by Gasteiger charge is 2.32. The van der Waals surface area contributed by atoms with Crippen molar-refractivity contribution in [1.29, 1.82) is 0 Å². The van der Waals surface area contributed by atoms with Crippen LogP contribution >= 0.6 is 0 Å². The fraction of sp³-hybridized carbons (Fsp3) is 0.769. The fourth-order valence-electron chi connectivity index (χ4n) is 2.19. The number of piperidine rings is 1. The molecule has 0 aromatic heterocycles. The van der Waals surface area contributed by atoms with E-state index in [0.29, 0.717) is 12.6 Å². The molecule has 96 valence electrons. The normalized spacial score (nSPS) is 18.7. The van der Waals surface area contributed by atoms with Crippen molar-refractivity contribution in [3.05, 3.63) is 0 Å². The molecule has 0 aliphatic carbocycles. The molecule has 4 heteroatoms. The zero-order valence-corrected chi connectivity index (χ0v) is 11.0. The number of likely N-dealkylation sites (tertiary alicyclic amines) is 1. The fourth-order valence-corrected chi connectivity index (χ4v) is 2.19. The first-order valence-corrected chi connectivity index (χ1v) is 6.01. The van der Waals surface area contributed by atoms with E-state index in [9.17, 15) is 4.79 Å². The SMILES string of the molecule is C#CCN1CCC(NC(C)(C)C(=O)OC)CC1. The number of nitrogens with zero attached hydrogens (tertiary/aromatic N) is 1. The molecule has 4 nitrogen and oxygen atoms in total. The molecule has 0 bridgehead atoms. The van der Waals surface area contributed by atoms with E-state index in [0.717, 1.165) is 25.9 Å². The first-order valence-electron chi connectivity index (χ1n) is 6.01. The van der Waals surface area contributed by atoms with Gasteiger partial charge in [0, 0.05) is 19.1 Å². The molecule has 1 heterocycles. The van der Waals surface area contributed by atoms with Crippen LogP contribution in [0.4, 0.5) is 0 Å². The van der Waals surface area contributed by atoms with E-state index in [1.54, 1.807) is 0 Å². The summed E-state index contributed by atoms with van der Waals surface area (Å²) in [6.07, 6.45) is 7.32. The summed E-state index contributed by atoms with van der Waals surface area (Å²) < 4.78 is 4.78. The lowest BCUT2D eigenvalue weighted by molar-refractivity contribution is -0.147. The highest BCUT2D eigenvalue weighted by atomic mass is 16.5. The number of hydrogen-bond donors (Lipinski definition) is 1. The molecule has 0 amide bonds. The molecule has 0 aromatic carbocycles. The maximum absolute atomic E-state index is 11.6. The van der Waals surface area contributed by atoms with E-state index in [2.05, 4.69) is 16.1 Å². The Morgan fingerprint density at radius 2 is 2.12 bits per heavy atom. The lowest BCUT2D eigenvalue weighted by Gasteiger charge is -2.35. The second kappa shape index (κ2) is 6.04. The molecule has 1 fully saturated rings. The van der Waals surface area contributed by atoms with E-state index in [-0.39, 0.29) is 5.97 Å². The summed E-state index contributed by atoms with van der Waals surface area (Å²) in [6.45, 7) is 6.39. The molecular formula is C13H22N2O2. The Morgan fingerprint density at radius 3 is 2.59 bits per heavy atom. The van der Waals surface area contributed by atoms with E-state index in [4.69, 9.17) is 11.2 Å². The van der Waals surface area contributed by atoms with Crippen LogP contribution < -0.4 is 5.32 Å². The van der Waals surface area contributed by atoms with Gasteiger partial charge in [0.1, 0.15) is 5.54 Å². The molecule has 0 radical (unpaired) electrons. The minimum absolute atomic E-state index is 0.219. The topological polar surface area (TPSA) is 41.6 Å². The van der Waals surface area contributed by atoms with E-state index < -0.39 is 5.54 Å². The Labute approximate surface area is 104 Å². The van der Waals surface area contributed by atoms with Crippen LogP contribution in [-0.2, 0) is 9.53 Å². The minimum atomic E-state index is -0.617. The van der Waals surface area contributed by atoms with Gasteiger partial charge >= 0.3 is 5.97 Å². The molecule has 0 unspecified atom stereocenters. The second-order valence-electron chi connectivity index (χ2n) is 5.02. The van der Waals surface area contributed by atoms with Crippen LogP contribution in [0.25, 0.3) is 0 Å². The molecule has 0 atom stereocenters. The maximum atomic E-state index is 11.6. The summed E-state index contributed by atoms with van der Waals surface area (Å²) in [5, 5.41) is 3.36. The number of rotatable bonds is 4. The van der Waals surface area contributed by atoms with Crippen molar-refractivity contribution in [1.82, 2.24) is 10.2 Å². The van der Waals surface area contributed by atoms with Crippen molar-refractivity contribution in [2.45, 2.75) is 38.3 Å². The average Bonchev–Trinajstić information content (AvgIpc) is 2.30. The van der Waals surface area contributed by atoms with Gasteiger partial charge < -0.3 is 4.74 Å². The van der Waals surface area contributed by atoms with Gasteiger partial charge in [-0.1, -0.05) is 5.92 Å². The van der Waals surface area contributed by atoms with Gasteiger partial charge in [0.05, 0.1) is 13.7 Å². The van der Waals surface area contributed by atoms with Crippen LogP contribution in [0.5, 0.6) is 0 Å². The van der Waals surface area contributed by atoms with Crippen molar-refractivity contribution in [2.24, 2.45) is 0 Å². The molecule has 1 N–H and O–H groups in total. The van der Waals surface area contributed by atoms with Crippen LogP contribution in [0.1, 0.15) is 26.7 Å². The summed E-state index contributed by atoms with van der Waals surface area (Å²) >= 11 is 0. The molecule has 1 aliphatic rings. The highest BCUT2D eigenvalue weighted by Crippen LogP contribution is 2.14. The van der Waals surface area contributed by atoms with E-state index >= 15 is 0 Å². The van der Waals surface area contributed by atoms with Crippen LogP contribution in [0.15, 0.2) is 0 Å². The third-order valence-corrected chi connectivity index (χ3v) is 3.16. The van der Waals surface area contributed by atoms with Crippen LogP contribution in [0.3, 0.4) is 0 Å². The average molecular weight is 238 g/mol. The number of carbonyl (C=O) groups excluding carboxylic acids is 1. The Bertz CT molecular complexity index is 299. The van der Waals surface area contributed by atoms with Crippen molar-refractivity contribution in [2.75, 3.05) is 26.7 Å². The van der Waals surface area contributed by atoms with Crippen LogP contribution in [-0.4, -0.2) is 49.2 Å². The van der Waals surface area contributed by atoms with Gasteiger partial charge in [-0.05, 0) is 26.7 Å². The third-order valence-electron chi connectivity index (χ3n) is 3.16. The molecular weight excluding hydrogens is 216 g/mol. The van der Waals surface area contributed by atoms with Crippen molar-refractivity contribution >= 4 is 5.97 Å². The van der Waals surface area contributed by atoms with Gasteiger partial charge in [-0.15, -0.1) is 6.42 Å². The number of terminal acetylenes is 1. The van der Waals surface area contributed by atoms with Gasteiger partial charge in [-0.3, -0.25) is 15.0 Å². The molecule has 1 saturated heterocycles. The van der Waals surface area contributed by atoms with Crippen molar-refractivity contribution < 1.29 is 9.53 Å². The third kappa shape index (κ3) is 4.03. The quantitative estimate of drug-likeness (QED) is 0.576. The number of esters is 1. The zero-order valence-electron chi connectivity index (χ0n) is 11.0. The Morgan fingerprint density at radius 1 is 1.53 bits per heavy atom. The summed E-state index contributed by atoms with van der Waals surface area (Å²) in [5.74, 6) is 2.44. The second-order valence-corrected chi connectivity index (χ2v) is 5.02. The Kier molecular flexibility index (Phi) is 4.98. The maximum Gasteiger partial charge on any atom is 0.325 e. The van der Waals surface area contributed by atoms with Gasteiger partial charge in [0.25, 0.3) is 0 Å². The Hall–Kier alpha value is -1.05. The first kappa shape index (κ1) is 14.0. The smallest absolute Gasteiger partial charge is 0.325 e. The molecule has 17 heavy (non-hydrogen) atoms. The molecule has 0 aromatic rings. The van der Waals surface area contributed by atoms with Crippen LogP contribution in [0.2, 0.25) is 0 Å². The predicted molar refractivity (Wildman–Crippen MR) is 67.5 cm³/mol. The lowest BCUT2D eigenvalue weighted by atomic mass is 9.98. The standard InChI is InChI=1S/C13H22N2O2/c1-5-8-15-9-6-11(7-10-15)14-13(2,3)12(16)17-4/h1,11,14H,6-10H2,2-4H3. The Balaban J connectivity index is 2.40. The zero-order chi connectivity index (χ0) is 12.9. The van der Waals surface area contributed by atoms with E-state index in [1.165, 1.54) is 7.11 Å². The number of methoxy groups -OCH3 is 1. The predicted octanol–water partition coefficient (Wildman–Crippen LogP) is 0.625. The molecule has 1 rings (SSSR count). The van der Waals surface area contributed by atoms with Gasteiger partial charge in [0.2, 0.25) is 0 Å². The summed E-state index contributed by atoms with van der Waals surface area (Å²) in [5.41, 5.74) is -0.617. The van der Waals surface area contributed by atoms with Crippen molar-refractivity contribution in [3.63, 3.8) is 0 Å².